The van der Waals surface area contributed by atoms with E-state index in [4.69, 9.17) is 19.7 Å². The standard InChI is InChI=1S/C27H33N3O3.C4H4O4.H2O/c1-18(31)19-9-12-25(26(17-19)32-2)33-14-6-5-13-30-21-10-11-22(30)16-20(15-21)27-23-7-3-4-8-24(23)28-29-27;5-3(6)1-2-4(7)8;/h3-4,7-9,12,17,20-22H,5-6,10-11,13-16H2,1-2H3,(H,28,29);1-2H,(H,5,6)(H,7,8);1H2/b;2-1+;. The van der Waals surface area contributed by atoms with Crippen molar-refractivity contribution in [3.05, 3.63) is 65.9 Å². The summed E-state index contributed by atoms with van der Waals surface area (Å²) in [6.07, 6.45) is 8.30. The molecular weight excluding hydrogens is 542 g/mol. The van der Waals surface area contributed by atoms with E-state index in [9.17, 15) is 14.4 Å². The number of aromatic amines is 1. The van der Waals surface area contributed by atoms with Gasteiger partial charge in [-0.25, -0.2) is 9.59 Å². The highest BCUT2D eigenvalue weighted by Gasteiger charge is 2.41. The van der Waals surface area contributed by atoms with Gasteiger partial charge < -0.3 is 25.2 Å². The second-order valence-electron chi connectivity index (χ2n) is 10.4. The summed E-state index contributed by atoms with van der Waals surface area (Å²) in [6, 6.07) is 15.2. The van der Waals surface area contributed by atoms with E-state index < -0.39 is 11.9 Å². The second kappa shape index (κ2) is 15.1. The lowest BCUT2D eigenvalue weighted by Crippen LogP contribution is -2.42. The van der Waals surface area contributed by atoms with Crippen LogP contribution in [-0.2, 0) is 9.59 Å². The lowest BCUT2D eigenvalue weighted by molar-refractivity contribution is -0.134. The number of carboxylic acids is 2. The van der Waals surface area contributed by atoms with E-state index in [0.717, 1.165) is 24.9 Å². The molecule has 2 bridgehead atoms. The first-order chi connectivity index (χ1) is 19.8. The number of para-hydroxylation sites is 1. The number of aliphatic carboxylic acids is 2. The molecule has 2 atom stereocenters. The van der Waals surface area contributed by atoms with Gasteiger partial charge >= 0.3 is 11.9 Å². The molecule has 3 heterocycles. The molecule has 11 heteroatoms. The average molecular weight is 582 g/mol. The number of carboxylic acid groups (broad SMARTS) is 2. The number of hydrogen-bond donors (Lipinski definition) is 3. The molecule has 0 spiro atoms. The van der Waals surface area contributed by atoms with Crippen LogP contribution >= 0.6 is 0 Å². The monoisotopic (exact) mass is 581 g/mol. The molecule has 0 amide bonds. The molecule has 3 aromatic rings. The van der Waals surface area contributed by atoms with E-state index in [2.05, 4.69) is 39.4 Å². The normalized spacial score (nSPS) is 19.5. The molecule has 11 nitrogen and oxygen atoms in total. The third kappa shape index (κ3) is 8.17. The fraction of sp³-hybridized carbons (Fsp3) is 0.419. The number of carbonyl (C=O) groups excluding carboxylic acids is 1. The molecule has 42 heavy (non-hydrogen) atoms. The summed E-state index contributed by atoms with van der Waals surface area (Å²) < 4.78 is 11.4. The van der Waals surface area contributed by atoms with E-state index in [-0.39, 0.29) is 11.3 Å². The zero-order valence-corrected chi connectivity index (χ0v) is 23.9. The molecule has 0 aliphatic carbocycles. The molecule has 2 saturated heterocycles. The van der Waals surface area contributed by atoms with Crippen molar-refractivity contribution in [1.29, 1.82) is 0 Å². The van der Waals surface area contributed by atoms with Crippen molar-refractivity contribution in [1.82, 2.24) is 15.1 Å². The minimum absolute atomic E-state index is 0. The highest BCUT2D eigenvalue weighted by molar-refractivity contribution is 5.94. The third-order valence-electron chi connectivity index (χ3n) is 7.79. The zero-order chi connectivity index (χ0) is 29.4. The van der Waals surface area contributed by atoms with Crippen LogP contribution in [0.4, 0.5) is 0 Å². The Morgan fingerprint density at radius 3 is 2.29 bits per heavy atom. The van der Waals surface area contributed by atoms with Crippen LogP contribution in [-0.4, -0.2) is 80.9 Å². The molecule has 5 N–H and O–H groups in total. The predicted molar refractivity (Wildman–Crippen MR) is 157 cm³/mol. The highest BCUT2D eigenvalue weighted by atomic mass is 16.5. The van der Waals surface area contributed by atoms with Crippen LogP contribution in [0.5, 0.6) is 11.5 Å². The Kier molecular flexibility index (Phi) is 11.6. The molecular formula is C31H39N3O8. The Balaban J connectivity index is 0.000000475. The van der Waals surface area contributed by atoms with Crippen molar-refractivity contribution in [2.45, 2.75) is 63.5 Å². The smallest absolute Gasteiger partial charge is 0.328 e. The average Bonchev–Trinajstić information content (AvgIpc) is 3.49. The number of nitrogens with one attached hydrogen (secondary N) is 1. The van der Waals surface area contributed by atoms with Crippen LogP contribution in [0.15, 0.2) is 54.6 Å². The Labute approximate surface area is 244 Å². The van der Waals surface area contributed by atoms with Gasteiger partial charge in [-0.1, -0.05) is 18.2 Å². The van der Waals surface area contributed by atoms with Gasteiger partial charge in [0.05, 0.1) is 19.2 Å². The topological polar surface area (TPSA) is 174 Å². The van der Waals surface area contributed by atoms with Gasteiger partial charge in [0.1, 0.15) is 0 Å². The highest BCUT2D eigenvalue weighted by Crippen LogP contribution is 2.44. The Bertz CT molecular complexity index is 1370. The van der Waals surface area contributed by atoms with Gasteiger partial charge in [-0.3, -0.25) is 14.8 Å². The number of aromatic nitrogens is 2. The summed E-state index contributed by atoms with van der Waals surface area (Å²) in [5.74, 6) is -0.581. The van der Waals surface area contributed by atoms with Gasteiger partial charge in [0.25, 0.3) is 0 Å². The minimum atomic E-state index is -1.26. The van der Waals surface area contributed by atoms with Gasteiger partial charge in [0, 0.05) is 46.8 Å². The number of carbonyl (C=O) groups is 3. The number of Topliss-reactive ketones (excluding diaryl/α,β-unsaturated/α-hetero) is 1. The molecule has 226 valence electrons. The van der Waals surface area contributed by atoms with E-state index in [1.165, 1.54) is 36.8 Å². The molecule has 2 aliphatic rings. The number of benzene rings is 2. The van der Waals surface area contributed by atoms with Crippen molar-refractivity contribution in [2.75, 3.05) is 20.3 Å². The minimum Gasteiger partial charge on any atom is -0.493 e. The molecule has 2 fully saturated rings. The van der Waals surface area contributed by atoms with Crippen molar-refractivity contribution >= 4 is 28.6 Å². The van der Waals surface area contributed by atoms with Crippen molar-refractivity contribution in [2.24, 2.45) is 0 Å². The number of nitrogens with zero attached hydrogens (tertiary/aromatic N) is 2. The zero-order valence-electron chi connectivity index (χ0n) is 23.9. The Morgan fingerprint density at radius 2 is 1.67 bits per heavy atom. The number of methoxy groups -OCH3 is 1. The number of ether oxygens (including phenoxy) is 2. The number of rotatable bonds is 11. The molecule has 0 saturated carbocycles. The molecule has 0 radical (unpaired) electrons. The lowest BCUT2D eigenvalue weighted by Gasteiger charge is -2.38. The van der Waals surface area contributed by atoms with Gasteiger partial charge in [-0.05, 0) is 76.3 Å². The summed E-state index contributed by atoms with van der Waals surface area (Å²) in [6.45, 7) is 3.35. The van der Waals surface area contributed by atoms with E-state index in [1.54, 1.807) is 26.2 Å². The van der Waals surface area contributed by atoms with Gasteiger partial charge in [-0.2, -0.15) is 5.10 Å². The first kappa shape index (κ1) is 32.3. The van der Waals surface area contributed by atoms with Gasteiger partial charge in [-0.15, -0.1) is 0 Å². The fourth-order valence-electron chi connectivity index (χ4n) is 5.89. The van der Waals surface area contributed by atoms with Crippen molar-refractivity contribution in [3.8, 4) is 11.5 Å². The molecule has 2 unspecified atom stereocenters. The fourth-order valence-corrected chi connectivity index (χ4v) is 5.89. The first-order valence-corrected chi connectivity index (χ1v) is 13.9. The number of ketones is 1. The van der Waals surface area contributed by atoms with E-state index in [0.29, 0.717) is 53.8 Å². The first-order valence-electron chi connectivity index (χ1n) is 13.9. The number of unbranched alkanes of at least 4 members (excludes halogenated alkanes) is 1. The van der Waals surface area contributed by atoms with Crippen LogP contribution in [0, 0.1) is 0 Å². The number of H-pyrrole nitrogens is 1. The number of hydrogen-bond acceptors (Lipinski definition) is 7. The summed E-state index contributed by atoms with van der Waals surface area (Å²) >= 11 is 0. The van der Waals surface area contributed by atoms with Crippen LogP contribution < -0.4 is 9.47 Å². The Morgan fingerprint density at radius 1 is 1.00 bits per heavy atom. The number of fused-ring (bicyclic) bond motifs is 3. The van der Waals surface area contributed by atoms with Gasteiger partial charge in [0.2, 0.25) is 0 Å². The summed E-state index contributed by atoms with van der Waals surface area (Å²) in [5.41, 5.74) is 3.05. The van der Waals surface area contributed by atoms with Crippen LogP contribution in [0.3, 0.4) is 0 Å². The quantitative estimate of drug-likeness (QED) is 0.170. The van der Waals surface area contributed by atoms with Crippen molar-refractivity contribution < 1.29 is 39.5 Å². The second-order valence-corrected chi connectivity index (χ2v) is 10.4. The predicted octanol–water partition coefficient (Wildman–Crippen LogP) is 4.23. The maximum atomic E-state index is 11.6. The van der Waals surface area contributed by atoms with E-state index >= 15 is 0 Å². The lowest BCUT2D eigenvalue weighted by atomic mass is 9.86. The van der Waals surface area contributed by atoms with Crippen LogP contribution in [0.2, 0.25) is 0 Å². The molecule has 1 aromatic heterocycles. The maximum Gasteiger partial charge on any atom is 0.328 e. The van der Waals surface area contributed by atoms with Crippen LogP contribution in [0.25, 0.3) is 10.9 Å². The SMILES string of the molecule is COc1cc(C(C)=O)ccc1OCCCCN1C2CCC1CC(c1[nH]nc3ccccc13)C2.O.O=C(O)/C=C/C(=O)O. The van der Waals surface area contributed by atoms with E-state index in [1.807, 2.05) is 6.07 Å². The Hall–Kier alpha value is -4.22. The molecule has 5 rings (SSSR count). The summed E-state index contributed by atoms with van der Waals surface area (Å²) in [7, 11) is 1.61. The maximum absolute atomic E-state index is 11.6. The largest absolute Gasteiger partial charge is 0.493 e. The van der Waals surface area contributed by atoms with Gasteiger partial charge in [0.15, 0.2) is 17.3 Å². The molecule has 2 aliphatic heterocycles. The van der Waals surface area contributed by atoms with Crippen molar-refractivity contribution in [3.63, 3.8) is 0 Å². The number of piperidine rings is 1. The third-order valence-corrected chi connectivity index (χ3v) is 7.79. The molecule has 2 aromatic carbocycles. The van der Waals surface area contributed by atoms with Crippen LogP contribution in [0.1, 0.15) is 67.4 Å². The summed E-state index contributed by atoms with van der Waals surface area (Å²) in [5, 5.41) is 24.8. The summed E-state index contributed by atoms with van der Waals surface area (Å²) in [4.78, 5) is 33.4.